The first kappa shape index (κ1) is 21.9. The number of hydrogen-bond acceptors (Lipinski definition) is 6. The number of rotatable bonds is 7. The van der Waals surface area contributed by atoms with Gasteiger partial charge >= 0.3 is 0 Å². The molecule has 0 unspecified atom stereocenters. The average molecular weight is 442 g/mol. The molecule has 1 N–H and O–H groups in total. The predicted molar refractivity (Wildman–Crippen MR) is 122 cm³/mol. The van der Waals surface area contributed by atoms with Crippen LogP contribution in [-0.4, -0.2) is 64.0 Å². The van der Waals surface area contributed by atoms with Crippen molar-refractivity contribution in [1.29, 1.82) is 0 Å². The van der Waals surface area contributed by atoms with E-state index in [9.17, 15) is 9.59 Å². The minimum atomic E-state index is -0.248. The second-order valence-corrected chi connectivity index (χ2v) is 9.45. The van der Waals surface area contributed by atoms with Crippen molar-refractivity contribution < 1.29 is 9.59 Å². The first-order valence-corrected chi connectivity index (χ1v) is 12.2. The van der Waals surface area contributed by atoms with Crippen LogP contribution in [0.4, 0.5) is 5.69 Å². The van der Waals surface area contributed by atoms with Crippen molar-refractivity contribution in [2.45, 2.75) is 57.4 Å². The SMILES string of the molecule is O=C(Nc1ccccc1)c1nnc(CCCC(=O)N2CCN(C3CCCCC3)CC2)s1. The van der Waals surface area contributed by atoms with Crippen molar-refractivity contribution in [1.82, 2.24) is 20.0 Å². The van der Waals surface area contributed by atoms with E-state index in [0.717, 1.165) is 49.3 Å². The zero-order chi connectivity index (χ0) is 21.5. The van der Waals surface area contributed by atoms with Crippen LogP contribution in [0.3, 0.4) is 0 Å². The number of anilines is 1. The highest BCUT2D eigenvalue weighted by Crippen LogP contribution is 2.23. The number of para-hydroxylation sites is 1. The summed E-state index contributed by atoms with van der Waals surface area (Å²) in [7, 11) is 0. The van der Waals surface area contributed by atoms with Crippen LogP contribution in [0.15, 0.2) is 30.3 Å². The van der Waals surface area contributed by atoms with E-state index >= 15 is 0 Å². The number of aromatic nitrogens is 2. The third-order valence-electron chi connectivity index (χ3n) is 6.23. The number of nitrogens with one attached hydrogen (secondary N) is 1. The summed E-state index contributed by atoms with van der Waals surface area (Å²) in [5.41, 5.74) is 0.735. The normalized spacial score (nSPS) is 18.1. The largest absolute Gasteiger partial charge is 0.340 e. The highest BCUT2D eigenvalue weighted by atomic mass is 32.1. The molecule has 0 atom stereocenters. The maximum atomic E-state index is 12.6. The van der Waals surface area contributed by atoms with Crippen LogP contribution >= 0.6 is 11.3 Å². The maximum absolute atomic E-state index is 12.6. The molecular weight excluding hydrogens is 410 g/mol. The number of amides is 2. The van der Waals surface area contributed by atoms with Crippen molar-refractivity contribution in [3.05, 3.63) is 40.3 Å². The molecule has 31 heavy (non-hydrogen) atoms. The molecule has 0 bridgehead atoms. The number of hydrogen-bond donors (Lipinski definition) is 1. The van der Waals surface area contributed by atoms with Gasteiger partial charge in [-0.3, -0.25) is 14.5 Å². The minimum Gasteiger partial charge on any atom is -0.340 e. The number of carbonyl (C=O) groups excluding carboxylic acids is 2. The Balaban J connectivity index is 1.17. The Bertz CT molecular complexity index is 858. The van der Waals surface area contributed by atoms with Gasteiger partial charge in [0.15, 0.2) is 0 Å². The number of benzene rings is 1. The summed E-state index contributed by atoms with van der Waals surface area (Å²) >= 11 is 1.30. The molecule has 2 aliphatic rings. The lowest BCUT2D eigenvalue weighted by Gasteiger charge is -2.40. The van der Waals surface area contributed by atoms with Crippen LogP contribution in [0.2, 0.25) is 0 Å². The summed E-state index contributed by atoms with van der Waals surface area (Å²) in [5.74, 6) is -0.0169. The van der Waals surface area contributed by atoms with Gasteiger partial charge in [0.1, 0.15) is 5.01 Å². The zero-order valence-corrected chi connectivity index (χ0v) is 18.8. The third kappa shape index (κ3) is 6.11. The fraction of sp³-hybridized carbons (Fsp3) is 0.565. The Hall–Kier alpha value is -2.32. The molecular formula is C23H31N5O2S. The van der Waals surface area contributed by atoms with Crippen LogP contribution < -0.4 is 5.32 Å². The van der Waals surface area contributed by atoms with E-state index in [1.54, 1.807) is 0 Å². The minimum absolute atomic E-state index is 0.231. The number of aryl methyl sites for hydroxylation is 1. The van der Waals surface area contributed by atoms with Gasteiger partial charge in [0.25, 0.3) is 5.91 Å². The molecule has 1 aliphatic carbocycles. The highest BCUT2D eigenvalue weighted by molar-refractivity contribution is 7.13. The summed E-state index contributed by atoms with van der Waals surface area (Å²) in [6.45, 7) is 3.70. The van der Waals surface area contributed by atoms with Crippen molar-refractivity contribution in [3.63, 3.8) is 0 Å². The smallest absolute Gasteiger partial charge is 0.286 e. The molecule has 1 aromatic carbocycles. The van der Waals surface area contributed by atoms with Gasteiger partial charge in [0.2, 0.25) is 10.9 Å². The van der Waals surface area contributed by atoms with Gasteiger partial charge in [-0.1, -0.05) is 48.8 Å². The summed E-state index contributed by atoms with van der Waals surface area (Å²) in [6, 6.07) is 10.0. The first-order chi connectivity index (χ1) is 15.2. The molecule has 8 heteroatoms. The molecule has 166 valence electrons. The molecule has 2 amide bonds. The van der Waals surface area contributed by atoms with Crippen molar-refractivity contribution in [2.24, 2.45) is 0 Å². The predicted octanol–water partition coefficient (Wildman–Crippen LogP) is 3.59. The third-order valence-corrected chi connectivity index (χ3v) is 7.21. The van der Waals surface area contributed by atoms with Gasteiger partial charge in [-0.25, -0.2) is 0 Å². The quantitative estimate of drug-likeness (QED) is 0.710. The highest BCUT2D eigenvalue weighted by Gasteiger charge is 2.26. The summed E-state index contributed by atoms with van der Waals surface area (Å²) in [6.07, 6.45) is 8.65. The molecule has 4 rings (SSSR count). The van der Waals surface area contributed by atoms with Gasteiger partial charge < -0.3 is 10.2 Å². The van der Waals surface area contributed by atoms with E-state index in [1.165, 1.54) is 43.4 Å². The van der Waals surface area contributed by atoms with Crippen molar-refractivity contribution in [3.8, 4) is 0 Å². The molecule has 1 saturated carbocycles. The number of piperazine rings is 1. The molecule has 0 radical (unpaired) electrons. The fourth-order valence-corrected chi connectivity index (χ4v) is 5.26. The van der Waals surface area contributed by atoms with Gasteiger partial charge in [0.05, 0.1) is 0 Å². The Morgan fingerprint density at radius 1 is 1.00 bits per heavy atom. The lowest BCUT2D eigenvalue weighted by Crippen LogP contribution is -2.52. The molecule has 2 aromatic rings. The topological polar surface area (TPSA) is 78.4 Å². The average Bonchev–Trinajstić information content (AvgIpc) is 3.29. The monoisotopic (exact) mass is 441 g/mol. The van der Waals surface area contributed by atoms with E-state index in [1.807, 2.05) is 35.2 Å². The molecule has 2 fully saturated rings. The fourth-order valence-electron chi connectivity index (χ4n) is 4.48. The lowest BCUT2D eigenvalue weighted by molar-refractivity contribution is -0.133. The Kier molecular flexibility index (Phi) is 7.64. The molecule has 0 spiro atoms. The van der Waals surface area contributed by atoms with Crippen LogP contribution in [-0.2, 0) is 11.2 Å². The van der Waals surface area contributed by atoms with Crippen LogP contribution in [0.1, 0.15) is 59.8 Å². The molecule has 1 aliphatic heterocycles. The van der Waals surface area contributed by atoms with E-state index in [4.69, 9.17) is 0 Å². The van der Waals surface area contributed by atoms with Crippen molar-refractivity contribution in [2.75, 3.05) is 31.5 Å². The number of nitrogens with zero attached hydrogens (tertiary/aromatic N) is 4. The molecule has 1 aromatic heterocycles. The molecule has 2 heterocycles. The van der Waals surface area contributed by atoms with Gasteiger partial charge in [-0.2, -0.15) is 0 Å². The number of carbonyl (C=O) groups is 2. The van der Waals surface area contributed by atoms with E-state index in [0.29, 0.717) is 17.8 Å². The summed E-state index contributed by atoms with van der Waals surface area (Å²) in [5, 5.41) is 12.1. The van der Waals surface area contributed by atoms with Crippen LogP contribution in [0.5, 0.6) is 0 Å². The van der Waals surface area contributed by atoms with Gasteiger partial charge in [0, 0.05) is 50.7 Å². The lowest BCUT2D eigenvalue weighted by atomic mass is 9.94. The van der Waals surface area contributed by atoms with Gasteiger partial charge in [-0.15, -0.1) is 10.2 Å². The Labute approximate surface area is 187 Å². The zero-order valence-electron chi connectivity index (χ0n) is 18.0. The van der Waals surface area contributed by atoms with Crippen LogP contribution in [0, 0.1) is 0 Å². The molecule has 1 saturated heterocycles. The van der Waals surface area contributed by atoms with Crippen LogP contribution in [0.25, 0.3) is 0 Å². The second-order valence-electron chi connectivity index (χ2n) is 8.38. The second kappa shape index (κ2) is 10.8. The van der Waals surface area contributed by atoms with E-state index in [-0.39, 0.29) is 11.8 Å². The Morgan fingerprint density at radius 2 is 1.74 bits per heavy atom. The summed E-state index contributed by atoms with van der Waals surface area (Å²) < 4.78 is 0. The van der Waals surface area contributed by atoms with E-state index < -0.39 is 0 Å². The molecule has 7 nitrogen and oxygen atoms in total. The van der Waals surface area contributed by atoms with E-state index in [2.05, 4.69) is 20.4 Å². The summed E-state index contributed by atoms with van der Waals surface area (Å²) in [4.78, 5) is 29.5. The standard InChI is InChI=1S/C23H31N5O2S/c29-21(28-16-14-27(15-17-28)19-10-5-2-6-11-19)13-7-12-20-25-26-23(31-20)22(30)24-18-8-3-1-4-9-18/h1,3-4,8-9,19H,2,5-7,10-17H2,(H,24,30). The maximum Gasteiger partial charge on any atom is 0.286 e. The van der Waals surface area contributed by atoms with Gasteiger partial charge in [-0.05, 0) is 31.4 Å². The first-order valence-electron chi connectivity index (χ1n) is 11.4. The van der Waals surface area contributed by atoms with Crippen molar-refractivity contribution >= 4 is 28.8 Å². The Morgan fingerprint density at radius 3 is 2.48 bits per heavy atom.